The van der Waals surface area contributed by atoms with Crippen molar-refractivity contribution >= 4 is 17.0 Å². The summed E-state index contributed by atoms with van der Waals surface area (Å²) < 4.78 is 0. The summed E-state index contributed by atoms with van der Waals surface area (Å²) in [7, 11) is 0. The summed E-state index contributed by atoms with van der Waals surface area (Å²) in [6.07, 6.45) is 5.21. The molecule has 0 amide bonds. The first-order valence-electron chi connectivity index (χ1n) is 5.32. The molecule has 0 unspecified atom stereocenters. The lowest BCUT2D eigenvalue weighted by atomic mass is 10.1. The van der Waals surface area contributed by atoms with Crippen LogP contribution in [0.25, 0.3) is 17.0 Å². The zero-order chi connectivity index (χ0) is 10.7. The summed E-state index contributed by atoms with van der Waals surface area (Å²) in [5.41, 5.74) is 3.72. The Bertz CT molecular complexity index is 492. The van der Waals surface area contributed by atoms with Crippen molar-refractivity contribution in [1.82, 2.24) is 4.98 Å². The van der Waals surface area contributed by atoms with Crippen molar-refractivity contribution in [2.75, 3.05) is 0 Å². The van der Waals surface area contributed by atoms with Crippen LogP contribution < -0.4 is 0 Å². The summed E-state index contributed by atoms with van der Waals surface area (Å²) in [6, 6.07) is 10.3. The molecule has 0 aliphatic carbocycles. The van der Waals surface area contributed by atoms with Gasteiger partial charge in [-0.25, -0.2) is 0 Å². The van der Waals surface area contributed by atoms with Gasteiger partial charge in [-0.1, -0.05) is 36.8 Å². The van der Waals surface area contributed by atoms with Crippen molar-refractivity contribution < 1.29 is 0 Å². The zero-order valence-electron chi connectivity index (χ0n) is 9.20. The quantitative estimate of drug-likeness (QED) is 0.707. The molecule has 2 rings (SSSR count). The van der Waals surface area contributed by atoms with E-state index in [1.807, 2.05) is 18.3 Å². The number of pyridine rings is 1. The third kappa shape index (κ3) is 2.07. The Hall–Kier alpha value is -1.63. The van der Waals surface area contributed by atoms with Crippen molar-refractivity contribution in [2.24, 2.45) is 0 Å². The molecule has 0 fully saturated rings. The first-order valence-corrected chi connectivity index (χ1v) is 5.32. The molecule has 0 spiro atoms. The number of rotatable bonds is 2. The first-order chi connectivity index (χ1) is 7.31. The molecule has 1 nitrogen and oxygen atoms in total. The summed E-state index contributed by atoms with van der Waals surface area (Å²) in [5.74, 6) is 0. The zero-order valence-corrected chi connectivity index (χ0v) is 9.20. The number of benzene rings is 1. The molecule has 1 aromatic carbocycles. The van der Waals surface area contributed by atoms with E-state index in [9.17, 15) is 0 Å². The van der Waals surface area contributed by atoms with Gasteiger partial charge < -0.3 is 0 Å². The van der Waals surface area contributed by atoms with Crippen LogP contribution in [0.1, 0.15) is 25.8 Å². The van der Waals surface area contributed by atoms with Crippen LogP contribution in [-0.2, 0) is 0 Å². The summed E-state index contributed by atoms with van der Waals surface area (Å²) >= 11 is 0. The van der Waals surface area contributed by atoms with Gasteiger partial charge in [-0.15, -0.1) is 0 Å². The topological polar surface area (TPSA) is 12.9 Å². The third-order valence-corrected chi connectivity index (χ3v) is 2.64. The van der Waals surface area contributed by atoms with Crippen LogP contribution in [0.4, 0.5) is 0 Å². The molecule has 0 atom stereocenters. The maximum absolute atomic E-state index is 4.35. The smallest absolute Gasteiger partial charge is 0.0707 e. The maximum atomic E-state index is 4.35. The molecule has 0 saturated carbocycles. The highest BCUT2D eigenvalue weighted by Crippen LogP contribution is 2.19. The van der Waals surface area contributed by atoms with Gasteiger partial charge >= 0.3 is 0 Å². The molecule has 1 heteroatoms. The van der Waals surface area contributed by atoms with Crippen molar-refractivity contribution in [3.05, 3.63) is 47.7 Å². The second-order valence-electron chi connectivity index (χ2n) is 3.76. The fourth-order valence-electron chi connectivity index (χ4n) is 1.61. The number of nitrogens with zero attached hydrogens (tertiary/aromatic N) is 1. The molecule has 0 N–H and O–H groups in total. The minimum absolute atomic E-state index is 1.06. The lowest BCUT2D eigenvalue weighted by Gasteiger charge is -2.02. The Balaban J connectivity index is 2.61. The summed E-state index contributed by atoms with van der Waals surface area (Å²) in [6.45, 7) is 4.34. The first kappa shape index (κ1) is 9.91. The summed E-state index contributed by atoms with van der Waals surface area (Å²) in [4.78, 5) is 4.35. The monoisotopic (exact) mass is 197 g/mol. The van der Waals surface area contributed by atoms with E-state index in [-0.39, 0.29) is 0 Å². The van der Waals surface area contributed by atoms with E-state index in [0.717, 1.165) is 11.9 Å². The van der Waals surface area contributed by atoms with Gasteiger partial charge in [-0.05, 0) is 31.0 Å². The van der Waals surface area contributed by atoms with Gasteiger partial charge in [0.1, 0.15) is 0 Å². The molecule has 0 aliphatic rings. The van der Waals surface area contributed by atoms with Crippen molar-refractivity contribution in [3.63, 3.8) is 0 Å². The molecule has 0 radical (unpaired) electrons. The fourth-order valence-corrected chi connectivity index (χ4v) is 1.61. The number of para-hydroxylation sites is 1. The van der Waals surface area contributed by atoms with Crippen LogP contribution in [0.5, 0.6) is 0 Å². The standard InChI is InChI=1S/C14H15N/c1-3-11(2)10-12-8-9-15-14-7-5-4-6-13(12)14/h4-10H,3H2,1-2H3/b11-10-. The van der Waals surface area contributed by atoms with E-state index in [1.54, 1.807) is 0 Å². The predicted octanol–water partition coefficient (Wildman–Crippen LogP) is 4.05. The van der Waals surface area contributed by atoms with Crippen LogP contribution in [0, 0.1) is 0 Å². The van der Waals surface area contributed by atoms with Crippen LogP contribution in [-0.4, -0.2) is 4.98 Å². The van der Waals surface area contributed by atoms with Gasteiger partial charge in [-0.2, -0.15) is 0 Å². The van der Waals surface area contributed by atoms with Crippen LogP contribution in [0.3, 0.4) is 0 Å². The second-order valence-corrected chi connectivity index (χ2v) is 3.76. The minimum Gasteiger partial charge on any atom is -0.256 e. The molecule has 0 aliphatic heterocycles. The average Bonchev–Trinajstić information content (AvgIpc) is 2.29. The minimum atomic E-state index is 1.06. The molecular formula is C14H15N. The molecule has 1 heterocycles. The third-order valence-electron chi connectivity index (χ3n) is 2.64. The fraction of sp³-hybridized carbons (Fsp3) is 0.214. The average molecular weight is 197 g/mol. The van der Waals surface area contributed by atoms with Crippen molar-refractivity contribution in [1.29, 1.82) is 0 Å². The largest absolute Gasteiger partial charge is 0.256 e. The van der Waals surface area contributed by atoms with E-state index in [2.05, 4.69) is 43.1 Å². The molecule has 76 valence electrons. The number of fused-ring (bicyclic) bond motifs is 1. The number of hydrogen-bond acceptors (Lipinski definition) is 1. The molecule has 1 aromatic heterocycles. The summed E-state index contributed by atoms with van der Waals surface area (Å²) in [5, 5.41) is 1.23. The molecule has 2 aromatic rings. The Morgan fingerprint density at radius 1 is 1.27 bits per heavy atom. The van der Waals surface area contributed by atoms with Gasteiger partial charge in [0.2, 0.25) is 0 Å². The van der Waals surface area contributed by atoms with E-state index in [0.29, 0.717) is 0 Å². The lowest BCUT2D eigenvalue weighted by molar-refractivity contribution is 1.11. The van der Waals surface area contributed by atoms with Gasteiger partial charge in [0.25, 0.3) is 0 Å². The molecule has 15 heavy (non-hydrogen) atoms. The number of hydrogen-bond donors (Lipinski definition) is 0. The predicted molar refractivity (Wildman–Crippen MR) is 65.7 cm³/mol. The molecular weight excluding hydrogens is 182 g/mol. The van der Waals surface area contributed by atoms with Gasteiger partial charge in [-0.3, -0.25) is 4.98 Å². The molecule has 0 bridgehead atoms. The highest BCUT2D eigenvalue weighted by molar-refractivity contribution is 5.87. The SMILES string of the molecule is CC/C(C)=C\c1ccnc2ccccc12. The Labute approximate surface area is 90.5 Å². The van der Waals surface area contributed by atoms with Crippen molar-refractivity contribution in [2.45, 2.75) is 20.3 Å². The van der Waals surface area contributed by atoms with Gasteiger partial charge in [0.05, 0.1) is 5.52 Å². The Morgan fingerprint density at radius 3 is 2.87 bits per heavy atom. The number of allylic oxidation sites excluding steroid dienone is 1. The van der Waals surface area contributed by atoms with Gasteiger partial charge in [0.15, 0.2) is 0 Å². The number of aromatic nitrogens is 1. The van der Waals surface area contributed by atoms with Crippen LogP contribution in [0.15, 0.2) is 42.1 Å². The Kier molecular flexibility index (Phi) is 2.82. The Morgan fingerprint density at radius 2 is 2.07 bits per heavy atom. The normalized spacial score (nSPS) is 12.0. The van der Waals surface area contributed by atoms with E-state index in [1.165, 1.54) is 16.5 Å². The van der Waals surface area contributed by atoms with Crippen LogP contribution in [0.2, 0.25) is 0 Å². The van der Waals surface area contributed by atoms with E-state index >= 15 is 0 Å². The molecule has 0 saturated heterocycles. The van der Waals surface area contributed by atoms with E-state index in [4.69, 9.17) is 0 Å². The highest BCUT2D eigenvalue weighted by Gasteiger charge is 1.98. The second kappa shape index (κ2) is 4.26. The van der Waals surface area contributed by atoms with Crippen LogP contribution >= 0.6 is 0 Å². The lowest BCUT2D eigenvalue weighted by Crippen LogP contribution is -1.82. The maximum Gasteiger partial charge on any atom is 0.0707 e. The van der Waals surface area contributed by atoms with Gasteiger partial charge in [0, 0.05) is 11.6 Å². The van der Waals surface area contributed by atoms with Crippen molar-refractivity contribution in [3.8, 4) is 0 Å². The van der Waals surface area contributed by atoms with E-state index < -0.39 is 0 Å². The highest BCUT2D eigenvalue weighted by atomic mass is 14.6.